The van der Waals surface area contributed by atoms with Gasteiger partial charge in [-0.3, -0.25) is 9.59 Å². The highest BCUT2D eigenvalue weighted by Crippen LogP contribution is 2.18. The second-order valence-electron chi connectivity index (χ2n) is 6.26. The Morgan fingerprint density at radius 2 is 2.07 bits per heavy atom. The van der Waals surface area contributed by atoms with E-state index in [1.807, 2.05) is 0 Å². The van der Waals surface area contributed by atoms with Gasteiger partial charge in [0.05, 0.1) is 26.0 Å². The quantitative estimate of drug-likeness (QED) is 0.591. The van der Waals surface area contributed by atoms with E-state index in [0.717, 1.165) is 0 Å². The molecule has 0 radical (unpaired) electrons. The minimum atomic E-state index is -3.70. The molecule has 2 aromatic heterocycles. The molecule has 11 heteroatoms. The van der Waals surface area contributed by atoms with E-state index in [2.05, 4.69) is 15.6 Å². The van der Waals surface area contributed by atoms with E-state index < -0.39 is 27.9 Å². The van der Waals surface area contributed by atoms with Gasteiger partial charge in [-0.1, -0.05) is 0 Å². The van der Waals surface area contributed by atoms with E-state index in [1.165, 1.54) is 29.8 Å². The summed E-state index contributed by atoms with van der Waals surface area (Å²) in [6.45, 7) is 2.94. The zero-order valence-corrected chi connectivity index (χ0v) is 16.1. The van der Waals surface area contributed by atoms with Crippen LogP contribution in [-0.4, -0.2) is 61.9 Å². The summed E-state index contributed by atoms with van der Waals surface area (Å²) in [6, 6.07) is 3.87. The van der Waals surface area contributed by atoms with Crippen molar-refractivity contribution in [3.63, 3.8) is 0 Å². The molecule has 1 aliphatic heterocycles. The van der Waals surface area contributed by atoms with Gasteiger partial charge in [0.2, 0.25) is 15.9 Å². The third-order valence-corrected chi connectivity index (χ3v) is 6.14. The number of rotatable bonds is 7. The number of carbonyl (C=O) groups excluding carboxylic acids is 2. The molecule has 0 saturated carbocycles. The molecule has 2 aromatic rings. The number of H-pyrrole nitrogens is 1. The minimum absolute atomic E-state index is 0.00512. The molecule has 0 aliphatic carbocycles. The van der Waals surface area contributed by atoms with Gasteiger partial charge in [-0.15, -0.1) is 0 Å². The van der Waals surface area contributed by atoms with Crippen molar-refractivity contribution in [2.75, 3.05) is 26.3 Å². The monoisotopic (exact) mass is 410 g/mol. The number of morpholine rings is 1. The van der Waals surface area contributed by atoms with E-state index in [0.29, 0.717) is 19.0 Å². The summed E-state index contributed by atoms with van der Waals surface area (Å²) in [4.78, 5) is 27.1. The van der Waals surface area contributed by atoms with Gasteiger partial charge >= 0.3 is 0 Å². The highest BCUT2D eigenvalue weighted by molar-refractivity contribution is 7.89. The van der Waals surface area contributed by atoms with Crippen LogP contribution < -0.4 is 10.6 Å². The highest BCUT2D eigenvalue weighted by atomic mass is 32.2. The molecule has 152 valence electrons. The smallest absolute Gasteiger partial charge is 0.268 e. The zero-order chi connectivity index (χ0) is 20.1. The number of nitrogens with one attached hydrogen (secondary N) is 3. The number of furan rings is 1. The van der Waals surface area contributed by atoms with Crippen LogP contribution in [-0.2, 0) is 26.1 Å². The van der Waals surface area contributed by atoms with Crippen molar-refractivity contribution >= 4 is 21.8 Å². The van der Waals surface area contributed by atoms with Crippen molar-refractivity contribution in [2.45, 2.75) is 24.4 Å². The Kier molecular flexibility index (Phi) is 6.17. The molecule has 1 saturated heterocycles. The molecular weight excluding hydrogens is 388 g/mol. The summed E-state index contributed by atoms with van der Waals surface area (Å²) in [7, 11) is -3.70. The maximum atomic E-state index is 12.6. The molecule has 10 nitrogen and oxygen atoms in total. The summed E-state index contributed by atoms with van der Waals surface area (Å²) in [5, 5.41) is 5.17. The molecule has 1 aliphatic rings. The predicted molar refractivity (Wildman–Crippen MR) is 97.9 cm³/mol. The average Bonchev–Trinajstić information content (AvgIpc) is 3.39. The van der Waals surface area contributed by atoms with Crippen molar-refractivity contribution in [1.82, 2.24) is 19.9 Å². The second-order valence-corrected chi connectivity index (χ2v) is 8.20. The number of nitrogens with zero attached hydrogens (tertiary/aromatic N) is 1. The predicted octanol–water partition coefficient (Wildman–Crippen LogP) is 0.0633. The molecule has 3 rings (SSSR count). The molecule has 0 bridgehead atoms. The van der Waals surface area contributed by atoms with Crippen LogP contribution in [0.25, 0.3) is 0 Å². The Hall–Kier alpha value is -2.63. The Morgan fingerprint density at radius 3 is 2.75 bits per heavy atom. The Balaban J connectivity index is 1.58. The van der Waals surface area contributed by atoms with Crippen molar-refractivity contribution in [1.29, 1.82) is 0 Å². The number of carbonyl (C=O) groups is 2. The number of sulfonamides is 1. The van der Waals surface area contributed by atoms with Crippen LogP contribution in [0.4, 0.5) is 0 Å². The first-order chi connectivity index (χ1) is 13.4. The van der Waals surface area contributed by atoms with Gasteiger partial charge in [-0.05, 0) is 25.1 Å². The van der Waals surface area contributed by atoms with Gasteiger partial charge in [0.1, 0.15) is 22.4 Å². The second kappa shape index (κ2) is 8.59. The van der Waals surface area contributed by atoms with Crippen LogP contribution in [0.3, 0.4) is 0 Å². The van der Waals surface area contributed by atoms with Gasteiger partial charge in [0.25, 0.3) is 5.91 Å². The molecule has 0 spiro atoms. The molecule has 1 unspecified atom stereocenters. The summed E-state index contributed by atoms with van der Waals surface area (Å²) in [5.74, 6) is -0.379. The number of ether oxygens (including phenoxy) is 1. The van der Waals surface area contributed by atoms with Crippen LogP contribution in [0.1, 0.15) is 23.2 Å². The third-order valence-electron chi connectivity index (χ3n) is 4.27. The SMILES string of the molecule is CC(NC(=O)c1cc(S(=O)(=O)N2CCOCC2)c[nH]1)C(=O)NCc1ccco1. The maximum absolute atomic E-state index is 12.6. The van der Waals surface area contributed by atoms with Crippen molar-refractivity contribution in [3.8, 4) is 0 Å². The molecule has 28 heavy (non-hydrogen) atoms. The Labute approximate surface area is 162 Å². The van der Waals surface area contributed by atoms with E-state index in [-0.39, 0.29) is 30.2 Å². The highest BCUT2D eigenvalue weighted by Gasteiger charge is 2.28. The average molecular weight is 410 g/mol. The lowest BCUT2D eigenvalue weighted by Crippen LogP contribution is -2.44. The first-order valence-electron chi connectivity index (χ1n) is 8.75. The topological polar surface area (TPSA) is 134 Å². The van der Waals surface area contributed by atoms with Crippen LogP contribution >= 0.6 is 0 Å². The third kappa shape index (κ3) is 4.61. The summed E-state index contributed by atoms with van der Waals surface area (Å²) in [5.41, 5.74) is 0.0533. The number of amides is 2. The molecular formula is C17H22N4O6S. The fourth-order valence-electron chi connectivity index (χ4n) is 2.67. The van der Waals surface area contributed by atoms with Crippen molar-refractivity contribution in [2.24, 2.45) is 0 Å². The van der Waals surface area contributed by atoms with Gasteiger partial charge < -0.3 is 24.8 Å². The lowest BCUT2D eigenvalue weighted by atomic mass is 10.3. The van der Waals surface area contributed by atoms with E-state index in [1.54, 1.807) is 12.1 Å². The zero-order valence-electron chi connectivity index (χ0n) is 15.3. The fourth-order valence-corrected chi connectivity index (χ4v) is 4.07. The van der Waals surface area contributed by atoms with Gasteiger partial charge in [0, 0.05) is 19.3 Å². The molecule has 3 N–H and O–H groups in total. The molecule has 2 amide bonds. The molecule has 0 aromatic carbocycles. The van der Waals surface area contributed by atoms with E-state index in [9.17, 15) is 18.0 Å². The first-order valence-corrected chi connectivity index (χ1v) is 10.2. The first kappa shape index (κ1) is 20.1. The molecule has 3 heterocycles. The maximum Gasteiger partial charge on any atom is 0.268 e. The molecule has 1 fully saturated rings. The standard InChI is InChI=1S/C17H22N4O6S/c1-12(16(22)19-10-13-3-2-6-27-13)20-17(23)15-9-14(11-18-15)28(24,25)21-4-7-26-8-5-21/h2-3,6,9,11-12,18H,4-5,7-8,10H2,1H3,(H,19,22)(H,20,23). The normalized spacial score (nSPS) is 16.5. The van der Waals surface area contributed by atoms with Gasteiger partial charge in [-0.2, -0.15) is 4.31 Å². The lowest BCUT2D eigenvalue weighted by Gasteiger charge is -2.25. The van der Waals surface area contributed by atoms with E-state index in [4.69, 9.17) is 9.15 Å². The van der Waals surface area contributed by atoms with Gasteiger partial charge in [0.15, 0.2) is 0 Å². The summed E-state index contributed by atoms with van der Waals surface area (Å²) >= 11 is 0. The largest absolute Gasteiger partial charge is 0.467 e. The fraction of sp³-hybridized carbons (Fsp3) is 0.412. The van der Waals surface area contributed by atoms with Crippen LogP contribution in [0.2, 0.25) is 0 Å². The van der Waals surface area contributed by atoms with Crippen LogP contribution in [0.5, 0.6) is 0 Å². The van der Waals surface area contributed by atoms with E-state index >= 15 is 0 Å². The van der Waals surface area contributed by atoms with Crippen molar-refractivity contribution in [3.05, 3.63) is 42.1 Å². The lowest BCUT2D eigenvalue weighted by molar-refractivity contribution is -0.122. The van der Waals surface area contributed by atoms with Crippen LogP contribution in [0.15, 0.2) is 40.0 Å². The number of hydrogen-bond donors (Lipinski definition) is 3. The van der Waals surface area contributed by atoms with Gasteiger partial charge in [-0.25, -0.2) is 8.42 Å². The summed E-state index contributed by atoms with van der Waals surface area (Å²) in [6.07, 6.45) is 2.77. The number of hydrogen-bond acceptors (Lipinski definition) is 6. The minimum Gasteiger partial charge on any atom is -0.467 e. The van der Waals surface area contributed by atoms with Crippen molar-refractivity contribution < 1.29 is 27.2 Å². The Bertz CT molecular complexity index is 915. The van der Waals surface area contributed by atoms with Crippen LogP contribution in [0, 0.1) is 0 Å². The number of aromatic nitrogens is 1. The number of aromatic amines is 1. The molecule has 1 atom stereocenters. The summed E-state index contributed by atoms with van der Waals surface area (Å²) < 4.78 is 36.8. The Morgan fingerprint density at radius 1 is 1.32 bits per heavy atom.